The van der Waals surface area contributed by atoms with E-state index in [2.05, 4.69) is 44.6 Å². The van der Waals surface area contributed by atoms with Crippen molar-refractivity contribution in [1.29, 1.82) is 0 Å². The van der Waals surface area contributed by atoms with Gasteiger partial charge in [0.1, 0.15) is 5.75 Å². The van der Waals surface area contributed by atoms with Gasteiger partial charge in [0.15, 0.2) is 6.61 Å². The molecule has 1 aromatic heterocycles. The van der Waals surface area contributed by atoms with Crippen LogP contribution < -0.4 is 15.0 Å². The number of rotatable bonds is 7. The Labute approximate surface area is 169 Å². The average molecular weight is 392 g/mol. The van der Waals surface area contributed by atoms with E-state index in [1.54, 1.807) is 31.2 Å². The van der Waals surface area contributed by atoms with Crippen molar-refractivity contribution in [2.75, 3.05) is 24.5 Å². The highest BCUT2D eigenvalue weighted by Crippen LogP contribution is 2.23. The topological polar surface area (TPSA) is 80.5 Å². The Morgan fingerprint density at radius 1 is 1.21 bits per heavy atom. The van der Waals surface area contributed by atoms with E-state index in [4.69, 9.17) is 9.26 Å². The minimum Gasteiger partial charge on any atom is -0.485 e. The molecular formula is C22H24N4O3. The largest absolute Gasteiger partial charge is 0.485 e. The predicted molar refractivity (Wildman–Crippen MR) is 109 cm³/mol. The van der Waals surface area contributed by atoms with Gasteiger partial charge in [0.25, 0.3) is 5.91 Å². The maximum Gasteiger partial charge on any atom is 0.251 e. The molecule has 1 fully saturated rings. The van der Waals surface area contributed by atoms with Crippen LogP contribution in [0, 0.1) is 12.8 Å². The molecule has 1 atom stereocenters. The maximum atomic E-state index is 12.4. The van der Waals surface area contributed by atoms with Gasteiger partial charge < -0.3 is 19.5 Å². The molecule has 0 bridgehead atoms. The fraction of sp³-hybridized carbons (Fsp3) is 0.318. The Morgan fingerprint density at radius 2 is 2.00 bits per heavy atom. The highest BCUT2D eigenvalue weighted by Gasteiger charge is 2.23. The molecule has 150 valence electrons. The van der Waals surface area contributed by atoms with Crippen LogP contribution in [0.4, 0.5) is 5.69 Å². The second-order valence-electron chi connectivity index (χ2n) is 7.19. The molecule has 1 N–H and O–H groups in total. The number of nitrogens with zero attached hydrogens (tertiary/aromatic N) is 3. The summed E-state index contributed by atoms with van der Waals surface area (Å²) in [7, 11) is 0. The molecule has 4 rings (SSSR count). The van der Waals surface area contributed by atoms with E-state index in [1.165, 1.54) is 5.69 Å². The number of amides is 1. The molecule has 2 aromatic carbocycles. The summed E-state index contributed by atoms with van der Waals surface area (Å²) in [5.74, 6) is 2.04. The van der Waals surface area contributed by atoms with Gasteiger partial charge in [-0.2, -0.15) is 4.98 Å². The Balaban J connectivity index is 1.23. The fourth-order valence-electron chi connectivity index (χ4n) is 3.46. The highest BCUT2D eigenvalue weighted by molar-refractivity contribution is 5.94. The van der Waals surface area contributed by atoms with Crippen LogP contribution in [0.1, 0.15) is 28.5 Å². The molecule has 0 saturated carbocycles. The predicted octanol–water partition coefficient (Wildman–Crippen LogP) is 3.21. The zero-order valence-electron chi connectivity index (χ0n) is 16.4. The van der Waals surface area contributed by atoms with Gasteiger partial charge in [-0.05, 0) is 48.7 Å². The number of para-hydroxylation sites is 1. The summed E-state index contributed by atoms with van der Waals surface area (Å²) >= 11 is 0. The van der Waals surface area contributed by atoms with E-state index in [9.17, 15) is 4.79 Å². The van der Waals surface area contributed by atoms with Crippen molar-refractivity contribution in [1.82, 2.24) is 15.5 Å². The van der Waals surface area contributed by atoms with E-state index >= 15 is 0 Å². The number of anilines is 1. The van der Waals surface area contributed by atoms with E-state index < -0.39 is 0 Å². The smallest absolute Gasteiger partial charge is 0.251 e. The number of nitrogens with one attached hydrogen (secondary N) is 1. The van der Waals surface area contributed by atoms with Gasteiger partial charge in [-0.3, -0.25) is 4.79 Å². The molecule has 1 saturated heterocycles. The van der Waals surface area contributed by atoms with Crippen molar-refractivity contribution >= 4 is 11.6 Å². The first kappa shape index (κ1) is 19.0. The number of aryl methyl sites for hydroxylation is 1. The molecule has 0 radical (unpaired) electrons. The standard InChI is InChI=1S/C22H24N4O3/c1-16-24-21(25-29-16)15-28-20-9-7-18(8-10-20)22(27)23-13-17-11-12-26(14-17)19-5-3-2-4-6-19/h2-10,17H,11-15H2,1H3,(H,23,27). The summed E-state index contributed by atoms with van der Waals surface area (Å²) in [6, 6.07) is 17.5. The van der Waals surface area contributed by atoms with Crippen LogP contribution >= 0.6 is 0 Å². The number of ether oxygens (including phenoxy) is 1. The molecule has 1 unspecified atom stereocenters. The minimum atomic E-state index is -0.0662. The SMILES string of the molecule is Cc1nc(COc2ccc(C(=O)NCC3CCN(c4ccccc4)C3)cc2)no1. The van der Waals surface area contributed by atoms with Crippen molar-refractivity contribution in [3.63, 3.8) is 0 Å². The van der Waals surface area contributed by atoms with Crippen LogP contribution in [-0.2, 0) is 6.61 Å². The summed E-state index contributed by atoms with van der Waals surface area (Å²) in [6.07, 6.45) is 1.08. The average Bonchev–Trinajstić information content (AvgIpc) is 3.40. The van der Waals surface area contributed by atoms with Gasteiger partial charge >= 0.3 is 0 Å². The van der Waals surface area contributed by atoms with Crippen LogP contribution in [-0.4, -0.2) is 35.7 Å². The molecule has 3 aromatic rings. The van der Waals surface area contributed by atoms with E-state index in [-0.39, 0.29) is 12.5 Å². The van der Waals surface area contributed by atoms with Crippen LogP contribution in [0.15, 0.2) is 59.1 Å². The molecule has 1 aliphatic heterocycles. The highest BCUT2D eigenvalue weighted by atomic mass is 16.5. The third-order valence-corrected chi connectivity index (χ3v) is 5.01. The third kappa shape index (κ3) is 4.93. The van der Waals surface area contributed by atoms with Gasteiger partial charge in [-0.1, -0.05) is 23.4 Å². The molecule has 7 nitrogen and oxygen atoms in total. The molecule has 1 amide bonds. The molecule has 2 heterocycles. The number of carbonyl (C=O) groups excluding carboxylic acids is 1. The molecular weight excluding hydrogens is 368 g/mol. The Bertz CT molecular complexity index is 940. The Hall–Kier alpha value is -3.35. The number of benzene rings is 2. The molecule has 7 heteroatoms. The van der Waals surface area contributed by atoms with Crippen LogP contribution in [0.2, 0.25) is 0 Å². The fourth-order valence-corrected chi connectivity index (χ4v) is 3.46. The first-order valence-corrected chi connectivity index (χ1v) is 9.77. The zero-order chi connectivity index (χ0) is 20.1. The zero-order valence-corrected chi connectivity index (χ0v) is 16.4. The number of carbonyl (C=O) groups is 1. The second-order valence-corrected chi connectivity index (χ2v) is 7.19. The quantitative estimate of drug-likeness (QED) is 0.665. The summed E-state index contributed by atoms with van der Waals surface area (Å²) < 4.78 is 10.5. The lowest BCUT2D eigenvalue weighted by atomic mass is 10.1. The van der Waals surface area contributed by atoms with Gasteiger partial charge in [-0.15, -0.1) is 0 Å². The number of hydrogen-bond acceptors (Lipinski definition) is 6. The molecule has 0 aliphatic carbocycles. The van der Waals surface area contributed by atoms with Crippen molar-refractivity contribution in [2.24, 2.45) is 5.92 Å². The minimum absolute atomic E-state index is 0.0662. The van der Waals surface area contributed by atoms with Gasteiger partial charge in [-0.25, -0.2) is 0 Å². The van der Waals surface area contributed by atoms with Gasteiger partial charge in [0.2, 0.25) is 11.7 Å². The van der Waals surface area contributed by atoms with E-state index in [0.29, 0.717) is 35.5 Å². The van der Waals surface area contributed by atoms with Crippen LogP contribution in [0.25, 0.3) is 0 Å². The summed E-state index contributed by atoms with van der Waals surface area (Å²) in [5.41, 5.74) is 1.86. The Kier molecular flexibility index (Phi) is 5.74. The van der Waals surface area contributed by atoms with Crippen LogP contribution in [0.3, 0.4) is 0 Å². The summed E-state index contributed by atoms with van der Waals surface area (Å²) in [4.78, 5) is 18.9. The van der Waals surface area contributed by atoms with E-state index in [1.807, 2.05) is 6.07 Å². The van der Waals surface area contributed by atoms with E-state index in [0.717, 1.165) is 19.5 Å². The first-order chi connectivity index (χ1) is 14.2. The second kappa shape index (κ2) is 8.77. The molecule has 29 heavy (non-hydrogen) atoms. The number of aromatic nitrogens is 2. The van der Waals surface area contributed by atoms with Crippen molar-refractivity contribution in [2.45, 2.75) is 20.0 Å². The molecule has 1 aliphatic rings. The Morgan fingerprint density at radius 3 is 2.72 bits per heavy atom. The lowest BCUT2D eigenvalue weighted by molar-refractivity contribution is 0.0948. The normalized spacial score (nSPS) is 16.0. The van der Waals surface area contributed by atoms with Crippen molar-refractivity contribution < 1.29 is 14.1 Å². The van der Waals surface area contributed by atoms with Crippen molar-refractivity contribution in [3.05, 3.63) is 71.9 Å². The number of hydrogen-bond donors (Lipinski definition) is 1. The summed E-state index contributed by atoms with van der Waals surface area (Å²) in [5, 5.41) is 6.84. The summed E-state index contributed by atoms with van der Waals surface area (Å²) in [6.45, 7) is 4.62. The molecule has 0 spiro atoms. The monoisotopic (exact) mass is 392 g/mol. The third-order valence-electron chi connectivity index (χ3n) is 5.01. The lowest BCUT2D eigenvalue weighted by Gasteiger charge is -2.18. The van der Waals surface area contributed by atoms with Gasteiger partial charge in [0, 0.05) is 37.8 Å². The van der Waals surface area contributed by atoms with Crippen LogP contribution in [0.5, 0.6) is 5.75 Å². The lowest BCUT2D eigenvalue weighted by Crippen LogP contribution is -2.31. The van der Waals surface area contributed by atoms with Gasteiger partial charge in [0.05, 0.1) is 0 Å². The first-order valence-electron chi connectivity index (χ1n) is 9.77. The maximum absolute atomic E-state index is 12.4. The van der Waals surface area contributed by atoms with Crippen molar-refractivity contribution in [3.8, 4) is 5.75 Å².